The van der Waals surface area contributed by atoms with E-state index in [1.54, 1.807) is 32.0 Å². The number of nitrogens with two attached hydrogens (primary N) is 1. The van der Waals surface area contributed by atoms with Crippen LogP contribution >= 0.6 is 24.0 Å². The van der Waals surface area contributed by atoms with Crippen molar-refractivity contribution < 1.29 is 9.59 Å². The number of rotatable bonds is 6. The molecule has 2 unspecified atom stereocenters. The zero-order valence-corrected chi connectivity index (χ0v) is 14.6. The largest absolute Gasteiger partial charge is 0.352 e. The van der Waals surface area contributed by atoms with Crippen LogP contribution in [0.15, 0.2) is 18.2 Å². The first kappa shape index (κ1) is 20.7. The fourth-order valence-corrected chi connectivity index (χ4v) is 1.87. The van der Waals surface area contributed by atoms with Gasteiger partial charge in [-0.2, -0.15) is 0 Å². The summed E-state index contributed by atoms with van der Waals surface area (Å²) in [6.07, 6.45) is 0.854. The van der Waals surface area contributed by atoms with Crippen molar-refractivity contribution in [3.63, 3.8) is 0 Å². The molecule has 4 N–H and O–H groups in total. The van der Waals surface area contributed by atoms with Crippen LogP contribution in [-0.4, -0.2) is 24.4 Å². The standard InChI is InChI=1S/C15H22ClN3O2.ClH/c1-4-7-18-15(21)12-6-5-11(8-13(12)16)19-14(20)9(2)10(3)17;/h5-6,8-10H,4,7,17H2,1-3H3,(H,18,21)(H,19,20);1H. The van der Waals surface area contributed by atoms with Gasteiger partial charge < -0.3 is 16.4 Å². The van der Waals surface area contributed by atoms with E-state index in [2.05, 4.69) is 10.6 Å². The predicted molar refractivity (Wildman–Crippen MR) is 92.8 cm³/mol. The summed E-state index contributed by atoms with van der Waals surface area (Å²) in [5.41, 5.74) is 6.63. The number of nitrogens with one attached hydrogen (secondary N) is 2. The minimum atomic E-state index is -0.309. The summed E-state index contributed by atoms with van der Waals surface area (Å²) in [5, 5.41) is 5.79. The molecule has 5 nitrogen and oxygen atoms in total. The second kappa shape index (κ2) is 9.66. The van der Waals surface area contributed by atoms with Crippen molar-refractivity contribution >= 4 is 41.5 Å². The molecule has 1 rings (SSSR count). The average molecular weight is 348 g/mol. The quantitative estimate of drug-likeness (QED) is 0.739. The fraction of sp³-hybridized carbons (Fsp3) is 0.467. The first-order chi connectivity index (χ1) is 9.86. The lowest BCUT2D eigenvalue weighted by Crippen LogP contribution is -2.34. The number of halogens is 2. The molecule has 0 spiro atoms. The van der Waals surface area contributed by atoms with Crippen molar-refractivity contribution in [2.45, 2.75) is 33.2 Å². The van der Waals surface area contributed by atoms with E-state index in [-0.39, 0.29) is 36.2 Å². The van der Waals surface area contributed by atoms with Gasteiger partial charge in [0.25, 0.3) is 5.91 Å². The molecule has 1 aromatic rings. The molecular weight excluding hydrogens is 325 g/mol. The molecule has 124 valence electrons. The van der Waals surface area contributed by atoms with Gasteiger partial charge in [-0.1, -0.05) is 25.4 Å². The van der Waals surface area contributed by atoms with E-state index in [9.17, 15) is 9.59 Å². The van der Waals surface area contributed by atoms with Gasteiger partial charge in [0.1, 0.15) is 0 Å². The Labute approximate surface area is 142 Å². The molecule has 0 saturated carbocycles. The number of hydrogen-bond acceptors (Lipinski definition) is 3. The minimum absolute atomic E-state index is 0. The van der Waals surface area contributed by atoms with E-state index in [0.717, 1.165) is 6.42 Å². The highest BCUT2D eigenvalue weighted by molar-refractivity contribution is 6.34. The third kappa shape index (κ3) is 5.83. The van der Waals surface area contributed by atoms with E-state index >= 15 is 0 Å². The highest BCUT2D eigenvalue weighted by Gasteiger charge is 2.18. The first-order valence-corrected chi connectivity index (χ1v) is 7.38. The van der Waals surface area contributed by atoms with Crippen LogP contribution < -0.4 is 16.4 Å². The van der Waals surface area contributed by atoms with E-state index in [1.165, 1.54) is 0 Å². The number of benzene rings is 1. The van der Waals surface area contributed by atoms with Crippen LogP contribution in [0.25, 0.3) is 0 Å². The first-order valence-electron chi connectivity index (χ1n) is 7.01. The molecule has 7 heteroatoms. The maximum Gasteiger partial charge on any atom is 0.252 e. The van der Waals surface area contributed by atoms with Gasteiger partial charge in [0, 0.05) is 18.3 Å². The van der Waals surface area contributed by atoms with Gasteiger partial charge in [0.05, 0.1) is 16.5 Å². The van der Waals surface area contributed by atoms with Crippen molar-refractivity contribution in [1.29, 1.82) is 0 Å². The monoisotopic (exact) mass is 347 g/mol. The average Bonchev–Trinajstić information content (AvgIpc) is 2.43. The molecular formula is C15H23Cl2N3O2. The van der Waals surface area contributed by atoms with E-state index < -0.39 is 0 Å². The SMILES string of the molecule is CCCNC(=O)c1ccc(NC(=O)C(C)C(C)N)cc1Cl.Cl. The lowest BCUT2D eigenvalue weighted by Gasteiger charge is -2.16. The normalized spacial score (nSPS) is 12.8. The van der Waals surface area contributed by atoms with Crippen molar-refractivity contribution in [1.82, 2.24) is 5.32 Å². The van der Waals surface area contributed by atoms with Crippen molar-refractivity contribution in [2.24, 2.45) is 11.7 Å². The minimum Gasteiger partial charge on any atom is -0.352 e. The van der Waals surface area contributed by atoms with Crippen LogP contribution in [0.5, 0.6) is 0 Å². The number of carbonyl (C=O) groups is 2. The van der Waals surface area contributed by atoms with Gasteiger partial charge in [-0.05, 0) is 31.5 Å². The fourth-order valence-electron chi connectivity index (χ4n) is 1.61. The van der Waals surface area contributed by atoms with Crippen molar-refractivity contribution in [3.8, 4) is 0 Å². The Morgan fingerprint density at radius 3 is 2.45 bits per heavy atom. The van der Waals surface area contributed by atoms with Crippen LogP contribution in [0, 0.1) is 5.92 Å². The van der Waals surface area contributed by atoms with Crippen LogP contribution in [0.3, 0.4) is 0 Å². The number of anilines is 1. The van der Waals surface area contributed by atoms with Gasteiger partial charge in [-0.15, -0.1) is 12.4 Å². The molecule has 1 aromatic carbocycles. The Morgan fingerprint density at radius 1 is 1.32 bits per heavy atom. The van der Waals surface area contributed by atoms with Crippen LogP contribution in [-0.2, 0) is 4.79 Å². The van der Waals surface area contributed by atoms with Gasteiger partial charge >= 0.3 is 0 Å². The maximum atomic E-state index is 11.9. The second-order valence-corrected chi connectivity index (χ2v) is 5.49. The summed E-state index contributed by atoms with van der Waals surface area (Å²) in [6, 6.07) is 4.58. The maximum absolute atomic E-state index is 11.9. The third-order valence-corrected chi connectivity index (χ3v) is 3.53. The molecule has 0 radical (unpaired) electrons. The summed E-state index contributed by atoms with van der Waals surface area (Å²) in [6.45, 7) is 6.10. The Bertz CT molecular complexity index is 522. The van der Waals surface area contributed by atoms with Crippen molar-refractivity contribution in [3.05, 3.63) is 28.8 Å². The Hall–Kier alpha value is -1.30. The smallest absolute Gasteiger partial charge is 0.252 e. The van der Waals surface area contributed by atoms with Gasteiger partial charge in [-0.3, -0.25) is 9.59 Å². The third-order valence-electron chi connectivity index (χ3n) is 3.22. The molecule has 0 aliphatic rings. The lowest BCUT2D eigenvalue weighted by atomic mass is 10.0. The highest BCUT2D eigenvalue weighted by atomic mass is 35.5. The summed E-state index contributed by atoms with van der Waals surface area (Å²) in [4.78, 5) is 23.8. The lowest BCUT2D eigenvalue weighted by molar-refractivity contribution is -0.119. The molecule has 0 heterocycles. The Balaban J connectivity index is 0.00000441. The van der Waals surface area contributed by atoms with Crippen LogP contribution in [0.2, 0.25) is 5.02 Å². The summed E-state index contributed by atoms with van der Waals surface area (Å²) >= 11 is 6.09. The molecule has 0 saturated heterocycles. The van der Waals surface area contributed by atoms with E-state index in [0.29, 0.717) is 22.8 Å². The topological polar surface area (TPSA) is 84.2 Å². The van der Waals surface area contributed by atoms with Crippen molar-refractivity contribution in [2.75, 3.05) is 11.9 Å². The van der Waals surface area contributed by atoms with Crippen LogP contribution in [0.4, 0.5) is 5.69 Å². The molecule has 22 heavy (non-hydrogen) atoms. The number of carbonyl (C=O) groups excluding carboxylic acids is 2. The second-order valence-electron chi connectivity index (χ2n) is 5.09. The molecule has 0 aliphatic carbocycles. The predicted octanol–water partition coefficient (Wildman–Crippen LogP) is 2.82. The molecule has 0 aliphatic heterocycles. The van der Waals surface area contributed by atoms with Gasteiger partial charge in [0.15, 0.2) is 0 Å². The van der Waals surface area contributed by atoms with E-state index in [4.69, 9.17) is 17.3 Å². The highest BCUT2D eigenvalue weighted by Crippen LogP contribution is 2.21. The number of amides is 2. The molecule has 0 aromatic heterocycles. The van der Waals surface area contributed by atoms with E-state index in [1.807, 2.05) is 6.92 Å². The van der Waals surface area contributed by atoms with Gasteiger partial charge in [-0.25, -0.2) is 0 Å². The zero-order valence-electron chi connectivity index (χ0n) is 13.0. The summed E-state index contributed by atoms with van der Waals surface area (Å²) < 4.78 is 0. The summed E-state index contributed by atoms with van der Waals surface area (Å²) in [5.74, 6) is -0.704. The van der Waals surface area contributed by atoms with Gasteiger partial charge in [0.2, 0.25) is 5.91 Å². The summed E-state index contributed by atoms with van der Waals surface area (Å²) in [7, 11) is 0. The molecule has 2 atom stereocenters. The Kier molecular flexibility index (Phi) is 9.09. The Morgan fingerprint density at radius 2 is 1.95 bits per heavy atom. The molecule has 2 amide bonds. The number of hydrogen-bond donors (Lipinski definition) is 3. The van der Waals surface area contributed by atoms with Crippen LogP contribution in [0.1, 0.15) is 37.6 Å². The molecule has 0 fully saturated rings. The molecule has 0 bridgehead atoms. The zero-order chi connectivity index (χ0) is 16.0.